The highest BCUT2D eigenvalue weighted by Crippen LogP contribution is 2.41. The van der Waals surface area contributed by atoms with Crippen LogP contribution in [-0.2, 0) is 22.7 Å². The van der Waals surface area contributed by atoms with Gasteiger partial charge in [-0.25, -0.2) is 13.4 Å². The minimum atomic E-state index is -4.74. The van der Waals surface area contributed by atoms with E-state index in [2.05, 4.69) is 24.6 Å². The molecule has 0 spiro atoms. The summed E-state index contributed by atoms with van der Waals surface area (Å²) >= 11 is 0.971. The third-order valence-corrected chi connectivity index (χ3v) is 6.30. The molecule has 0 radical (unpaired) electrons. The molecule has 1 aliphatic rings. The maximum atomic E-state index is 12.6. The van der Waals surface area contributed by atoms with Gasteiger partial charge < -0.3 is 4.42 Å². The number of aromatic nitrogens is 4. The summed E-state index contributed by atoms with van der Waals surface area (Å²) in [5.41, 5.74) is 1.38. The van der Waals surface area contributed by atoms with Gasteiger partial charge in [-0.15, -0.1) is 21.5 Å². The topological polar surface area (TPSA) is 102 Å². The van der Waals surface area contributed by atoms with Crippen LogP contribution in [0.15, 0.2) is 29.1 Å². The lowest BCUT2D eigenvalue weighted by Crippen LogP contribution is -2.29. The fraction of sp³-hybridized carbons (Fsp3) is 0.375. The van der Waals surface area contributed by atoms with E-state index in [1.807, 2.05) is 0 Å². The Balaban J connectivity index is 1.59. The number of thiazole rings is 1. The van der Waals surface area contributed by atoms with E-state index >= 15 is 0 Å². The van der Waals surface area contributed by atoms with Crippen molar-refractivity contribution >= 4 is 27.0 Å². The van der Waals surface area contributed by atoms with Crippen LogP contribution in [0.3, 0.4) is 0 Å². The quantitative estimate of drug-likeness (QED) is 0.573. The van der Waals surface area contributed by atoms with Crippen molar-refractivity contribution in [2.75, 3.05) is 10.6 Å². The maximum absolute atomic E-state index is 12.6. The zero-order valence-electron chi connectivity index (χ0n) is 14.9. The minimum absolute atomic E-state index is 0.0977. The Bertz CT molecular complexity index is 1140. The summed E-state index contributed by atoms with van der Waals surface area (Å²) in [6, 6.07) is 1.79. The first-order valence-corrected chi connectivity index (χ1v) is 11.1. The molecule has 0 amide bonds. The highest BCUT2D eigenvalue weighted by molar-refractivity contribution is 7.92. The molecule has 0 unspecified atom stereocenters. The van der Waals surface area contributed by atoms with E-state index in [1.165, 1.54) is 12.4 Å². The van der Waals surface area contributed by atoms with Gasteiger partial charge in [0.05, 0.1) is 30.9 Å². The molecule has 0 N–H and O–H groups in total. The van der Waals surface area contributed by atoms with Crippen LogP contribution in [0.5, 0.6) is 0 Å². The third kappa shape index (κ3) is 4.40. The van der Waals surface area contributed by atoms with Crippen LogP contribution in [0.4, 0.5) is 18.9 Å². The van der Waals surface area contributed by atoms with Crippen LogP contribution in [0, 0.1) is 0 Å². The number of hydrogen-bond acceptors (Lipinski definition) is 8. The van der Waals surface area contributed by atoms with Crippen molar-refractivity contribution in [3.8, 4) is 10.8 Å². The lowest BCUT2D eigenvalue weighted by atomic mass is 10.2. The number of nitrogens with zero attached hydrogens (tertiary/aromatic N) is 5. The van der Waals surface area contributed by atoms with Gasteiger partial charge in [-0.2, -0.15) is 13.2 Å². The smallest absolute Gasteiger partial charge is 0.412 e. The van der Waals surface area contributed by atoms with Gasteiger partial charge in [0.15, 0.2) is 0 Å². The van der Waals surface area contributed by atoms with E-state index < -0.39 is 22.1 Å². The Morgan fingerprint density at radius 2 is 2.00 bits per heavy atom. The Hall–Kier alpha value is -2.54. The molecular weight excluding hydrogens is 431 g/mol. The summed E-state index contributed by atoms with van der Waals surface area (Å²) in [7, 11) is -3.65. The average molecular weight is 445 g/mol. The molecule has 154 valence electrons. The predicted octanol–water partition coefficient (Wildman–Crippen LogP) is 3.45. The predicted molar refractivity (Wildman–Crippen MR) is 97.6 cm³/mol. The van der Waals surface area contributed by atoms with Gasteiger partial charge in [0.1, 0.15) is 9.88 Å². The summed E-state index contributed by atoms with van der Waals surface area (Å²) in [6.45, 7) is -0.0977. The van der Waals surface area contributed by atoms with Gasteiger partial charge >= 0.3 is 12.1 Å². The first-order chi connectivity index (χ1) is 13.6. The first kappa shape index (κ1) is 19.8. The number of rotatable bonds is 6. The van der Waals surface area contributed by atoms with Gasteiger partial charge in [-0.1, -0.05) is 0 Å². The highest BCUT2D eigenvalue weighted by Gasteiger charge is 2.38. The first-order valence-electron chi connectivity index (χ1n) is 8.39. The average Bonchev–Trinajstić information content (AvgIpc) is 3.16. The van der Waals surface area contributed by atoms with Gasteiger partial charge in [0, 0.05) is 6.20 Å². The van der Waals surface area contributed by atoms with Crippen LogP contribution in [0.2, 0.25) is 0 Å². The molecular formula is C16H14F3N5O3S2. The zero-order valence-corrected chi connectivity index (χ0v) is 16.6. The number of pyridine rings is 1. The second-order valence-corrected chi connectivity index (χ2v) is 9.57. The third-order valence-electron chi connectivity index (χ3n) is 4.19. The molecule has 29 heavy (non-hydrogen) atoms. The summed E-state index contributed by atoms with van der Waals surface area (Å²) in [5, 5.41) is 6.71. The molecule has 0 bridgehead atoms. The van der Waals surface area contributed by atoms with Crippen LogP contribution < -0.4 is 4.31 Å². The molecule has 1 fully saturated rings. The standard InChI is InChI=1S/C16H14F3N5O3S2/c1-29(25,26)24(11-4-10(5-20-6-11)9-2-3-9)8-13-21-7-12(28-13)14-22-23-15(27-14)16(17,18)19/h4-7,9H,2-3,8H2,1H3. The lowest BCUT2D eigenvalue weighted by molar-refractivity contribution is -0.156. The molecule has 0 aromatic carbocycles. The van der Waals surface area contributed by atoms with Gasteiger partial charge in [-0.05, 0) is 30.4 Å². The molecule has 3 aromatic rings. The molecule has 0 saturated heterocycles. The van der Waals surface area contributed by atoms with Gasteiger partial charge in [0.2, 0.25) is 10.0 Å². The SMILES string of the molecule is CS(=O)(=O)N(Cc1ncc(-c2nnc(C(F)(F)F)o2)s1)c1cncc(C2CC2)c1. The van der Waals surface area contributed by atoms with Gasteiger partial charge in [-0.3, -0.25) is 9.29 Å². The molecule has 1 saturated carbocycles. The van der Waals surface area contributed by atoms with Crippen molar-refractivity contribution in [3.63, 3.8) is 0 Å². The largest absolute Gasteiger partial charge is 0.470 e. The fourth-order valence-corrected chi connectivity index (χ4v) is 4.41. The Labute approximate surface area is 167 Å². The summed E-state index contributed by atoms with van der Waals surface area (Å²) < 4.78 is 68.3. The van der Waals surface area contributed by atoms with Crippen LogP contribution in [0.1, 0.15) is 35.2 Å². The Kier molecular flexibility index (Phi) is 4.81. The Morgan fingerprint density at radius 1 is 1.24 bits per heavy atom. The normalized spacial score (nSPS) is 14.9. The maximum Gasteiger partial charge on any atom is 0.470 e. The second kappa shape index (κ2) is 7.06. The van der Waals surface area contributed by atoms with Crippen LogP contribution >= 0.6 is 11.3 Å². The van der Waals surface area contributed by atoms with E-state index in [4.69, 9.17) is 0 Å². The molecule has 13 heteroatoms. The van der Waals surface area contributed by atoms with Crippen LogP contribution in [-0.4, -0.2) is 34.8 Å². The molecule has 0 atom stereocenters. The van der Waals surface area contributed by atoms with E-state index in [0.717, 1.165) is 40.3 Å². The number of alkyl halides is 3. The van der Waals surface area contributed by atoms with Crippen molar-refractivity contribution in [2.45, 2.75) is 31.5 Å². The number of anilines is 1. The minimum Gasteiger partial charge on any atom is -0.412 e. The second-order valence-electron chi connectivity index (χ2n) is 6.55. The van der Waals surface area contributed by atoms with Gasteiger partial charge in [0.25, 0.3) is 5.89 Å². The number of hydrogen-bond donors (Lipinski definition) is 0. The van der Waals surface area contributed by atoms with Crippen molar-refractivity contribution in [2.24, 2.45) is 0 Å². The van der Waals surface area contributed by atoms with Crippen molar-refractivity contribution in [1.82, 2.24) is 20.2 Å². The van der Waals surface area contributed by atoms with E-state index in [9.17, 15) is 21.6 Å². The zero-order chi connectivity index (χ0) is 20.8. The summed E-state index contributed by atoms with van der Waals surface area (Å²) in [6.07, 6.45) is 2.86. The molecule has 3 heterocycles. The molecule has 3 aromatic heterocycles. The van der Waals surface area contributed by atoms with Crippen molar-refractivity contribution < 1.29 is 26.0 Å². The van der Waals surface area contributed by atoms with E-state index in [0.29, 0.717) is 16.6 Å². The lowest BCUT2D eigenvalue weighted by Gasteiger charge is -2.21. The highest BCUT2D eigenvalue weighted by atomic mass is 32.2. The molecule has 0 aliphatic heterocycles. The Morgan fingerprint density at radius 3 is 2.62 bits per heavy atom. The molecule has 8 nitrogen and oxygen atoms in total. The van der Waals surface area contributed by atoms with Crippen molar-refractivity contribution in [3.05, 3.63) is 41.1 Å². The summed E-state index contributed by atoms with van der Waals surface area (Å²) in [5.74, 6) is -1.39. The van der Waals surface area contributed by atoms with Crippen molar-refractivity contribution in [1.29, 1.82) is 0 Å². The number of sulfonamides is 1. The monoisotopic (exact) mass is 445 g/mol. The molecule has 1 aliphatic carbocycles. The van der Waals surface area contributed by atoms with E-state index in [1.54, 1.807) is 12.3 Å². The fourth-order valence-electron chi connectivity index (χ4n) is 2.66. The van der Waals surface area contributed by atoms with E-state index in [-0.39, 0.29) is 17.3 Å². The molecule has 4 rings (SSSR count). The number of halogens is 3. The van der Waals surface area contributed by atoms with Crippen LogP contribution in [0.25, 0.3) is 10.8 Å². The summed E-state index contributed by atoms with van der Waals surface area (Å²) in [4.78, 5) is 8.44.